The van der Waals surface area contributed by atoms with Crippen molar-refractivity contribution in [1.82, 2.24) is 0 Å². The number of hydrogen-bond acceptors (Lipinski definition) is 6. The Bertz CT molecular complexity index is 755. The fourth-order valence-electron chi connectivity index (χ4n) is 2.26. The number of phenols is 2. The Balaban J connectivity index is 2.82. The van der Waals surface area contributed by atoms with Gasteiger partial charge >= 0.3 is 17.7 Å². The summed E-state index contributed by atoms with van der Waals surface area (Å²) in [6.07, 6.45) is 1.74. The third kappa shape index (κ3) is 3.53. The highest BCUT2D eigenvalue weighted by Crippen LogP contribution is 2.43. The van der Waals surface area contributed by atoms with Gasteiger partial charge in [-0.25, -0.2) is 9.59 Å². The highest BCUT2D eigenvalue weighted by atomic mass is 16.7. The molecule has 2 aromatic carbocycles. The highest BCUT2D eigenvalue weighted by molar-refractivity contribution is 5.84. The molecule has 0 radical (unpaired) electrons. The minimum atomic E-state index is -2.23. The lowest BCUT2D eigenvalue weighted by molar-refractivity contribution is -0.212. The van der Waals surface area contributed by atoms with Gasteiger partial charge in [-0.2, -0.15) is 0 Å². The van der Waals surface area contributed by atoms with Gasteiger partial charge in [0.2, 0.25) is 0 Å². The smallest absolute Gasteiger partial charge is 0.333 e. The van der Waals surface area contributed by atoms with Gasteiger partial charge in [-0.3, -0.25) is 0 Å². The van der Waals surface area contributed by atoms with Crippen molar-refractivity contribution < 1.29 is 29.3 Å². The number of benzene rings is 2. The van der Waals surface area contributed by atoms with Crippen molar-refractivity contribution in [2.24, 2.45) is 0 Å². The van der Waals surface area contributed by atoms with Gasteiger partial charge in [0.1, 0.15) is 11.5 Å². The second-order valence-corrected chi connectivity index (χ2v) is 4.90. The summed E-state index contributed by atoms with van der Waals surface area (Å²) in [6.45, 7) is 6.63. The average Bonchev–Trinajstić information content (AvgIpc) is 2.61. The largest absolute Gasteiger partial charge is 0.507 e. The first-order valence-corrected chi connectivity index (χ1v) is 7.22. The van der Waals surface area contributed by atoms with Gasteiger partial charge in [-0.15, -0.1) is 0 Å². The van der Waals surface area contributed by atoms with Crippen LogP contribution in [0.4, 0.5) is 0 Å². The van der Waals surface area contributed by atoms with Crippen molar-refractivity contribution in [3.63, 3.8) is 0 Å². The minimum Gasteiger partial charge on any atom is -0.507 e. The number of phenolic OH excluding ortho intramolecular Hbond substituents is 2. The first-order valence-electron chi connectivity index (χ1n) is 7.22. The van der Waals surface area contributed by atoms with E-state index in [4.69, 9.17) is 9.47 Å². The van der Waals surface area contributed by atoms with E-state index < -0.39 is 17.7 Å². The van der Waals surface area contributed by atoms with Gasteiger partial charge in [-0.05, 0) is 24.3 Å². The molecule has 0 fully saturated rings. The summed E-state index contributed by atoms with van der Waals surface area (Å²) in [4.78, 5) is 23.9. The molecule has 0 saturated carbocycles. The Kier molecular flexibility index (Phi) is 5.24. The molecule has 0 aliphatic carbocycles. The molecule has 0 heterocycles. The molecular formula is C19H16O6. The maximum atomic E-state index is 11.9. The van der Waals surface area contributed by atoms with Gasteiger partial charge in [0.25, 0.3) is 0 Å². The van der Waals surface area contributed by atoms with Crippen LogP contribution >= 0.6 is 0 Å². The van der Waals surface area contributed by atoms with Crippen molar-refractivity contribution in [3.05, 3.63) is 85.0 Å². The molecule has 0 spiro atoms. The molecule has 0 aromatic heterocycles. The second-order valence-electron chi connectivity index (χ2n) is 4.90. The van der Waals surface area contributed by atoms with E-state index in [0.29, 0.717) is 0 Å². The van der Waals surface area contributed by atoms with E-state index >= 15 is 0 Å². The SMILES string of the molecule is C=CC(=O)OC(OC(=O)C=C)(c1ccccc1O)c1ccccc1O. The molecule has 25 heavy (non-hydrogen) atoms. The summed E-state index contributed by atoms with van der Waals surface area (Å²) < 4.78 is 10.7. The van der Waals surface area contributed by atoms with Crippen molar-refractivity contribution in [1.29, 1.82) is 0 Å². The molecule has 2 N–H and O–H groups in total. The molecular weight excluding hydrogens is 324 g/mol. The topological polar surface area (TPSA) is 93.1 Å². The Morgan fingerprint density at radius 2 is 1.16 bits per heavy atom. The summed E-state index contributed by atoms with van der Waals surface area (Å²) in [5, 5.41) is 20.5. The normalized spacial score (nSPS) is 10.6. The number of esters is 2. The molecule has 0 saturated heterocycles. The predicted molar refractivity (Wildman–Crippen MR) is 89.6 cm³/mol. The zero-order valence-electron chi connectivity index (χ0n) is 13.2. The van der Waals surface area contributed by atoms with Crippen LogP contribution in [0.3, 0.4) is 0 Å². The molecule has 0 aliphatic rings. The summed E-state index contributed by atoms with van der Waals surface area (Å²) in [6, 6.07) is 11.6. The number of para-hydroxylation sites is 2. The Labute approximate surface area is 144 Å². The van der Waals surface area contributed by atoms with Gasteiger partial charge in [0.15, 0.2) is 0 Å². The summed E-state index contributed by atoms with van der Waals surface area (Å²) in [5.74, 6) is -4.70. The molecule has 128 valence electrons. The zero-order valence-corrected chi connectivity index (χ0v) is 13.2. The van der Waals surface area contributed by atoms with Crippen LogP contribution in [0.25, 0.3) is 0 Å². The molecule has 2 aromatic rings. The van der Waals surface area contributed by atoms with Crippen molar-refractivity contribution in [3.8, 4) is 11.5 Å². The van der Waals surface area contributed by atoms with E-state index in [2.05, 4.69) is 13.2 Å². The van der Waals surface area contributed by atoms with Crippen LogP contribution in [0.5, 0.6) is 11.5 Å². The van der Waals surface area contributed by atoms with E-state index in [1.807, 2.05) is 0 Å². The van der Waals surface area contributed by atoms with Crippen molar-refractivity contribution in [2.75, 3.05) is 0 Å². The number of carbonyl (C=O) groups excluding carboxylic acids is 2. The van der Waals surface area contributed by atoms with Crippen LogP contribution in [0.2, 0.25) is 0 Å². The molecule has 0 aliphatic heterocycles. The predicted octanol–water partition coefficient (Wildman–Crippen LogP) is 2.76. The van der Waals surface area contributed by atoms with Gasteiger partial charge < -0.3 is 19.7 Å². The van der Waals surface area contributed by atoms with Gasteiger partial charge in [0, 0.05) is 12.2 Å². The standard InChI is InChI=1S/C19H16O6/c1-3-17(22)24-19(25-18(23)4-2,13-9-5-7-11-15(13)20)14-10-6-8-12-16(14)21/h3-12,20-21H,1-2H2. The molecule has 0 bridgehead atoms. The summed E-state index contributed by atoms with van der Waals surface area (Å²) in [5.41, 5.74) is -0.108. The number of rotatable bonds is 6. The average molecular weight is 340 g/mol. The fraction of sp³-hybridized carbons (Fsp3) is 0.0526. The molecule has 0 amide bonds. The number of ether oxygens (including phenoxy) is 2. The third-order valence-electron chi connectivity index (χ3n) is 3.34. The molecule has 0 unspecified atom stereocenters. The van der Waals surface area contributed by atoms with E-state index in [1.54, 1.807) is 24.3 Å². The Morgan fingerprint density at radius 3 is 1.48 bits per heavy atom. The maximum absolute atomic E-state index is 11.9. The molecule has 0 atom stereocenters. The molecule has 2 rings (SSSR count). The van der Waals surface area contributed by atoms with E-state index in [1.165, 1.54) is 24.3 Å². The van der Waals surface area contributed by atoms with Crippen LogP contribution in [-0.2, 0) is 24.8 Å². The lowest BCUT2D eigenvalue weighted by Crippen LogP contribution is -2.38. The van der Waals surface area contributed by atoms with E-state index in [9.17, 15) is 19.8 Å². The van der Waals surface area contributed by atoms with Crippen LogP contribution in [0, 0.1) is 0 Å². The van der Waals surface area contributed by atoms with Gasteiger partial charge in [-0.1, -0.05) is 37.4 Å². The number of aromatic hydroxyl groups is 2. The fourth-order valence-corrected chi connectivity index (χ4v) is 2.26. The minimum absolute atomic E-state index is 0.0538. The zero-order chi connectivity index (χ0) is 18.4. The molecule has 6 heteroatoms. The number of hydrogen-bond donors (Lipinski definition) is 2. The van der Waals surface area contributed by atoms with E-state index in [0.717, 1.165) is 12.2 Å². The van der Waals surface area contributed by atoms with Crippen LogP contribution in [0.15, 0.2) is 73.8 Å². The summed E-state index contributed by atoms with van der Waals surface area (Å²) in [7, 11) is 0. The first kappa shape index (κ1) is 17.8. The third-order valence-corrected chi connectivity index (χ3v) is 3.34. The first-order chi connectivity index (χ1) is 11.9. The Morgan fingerprint density at radius 1 is 0.800 bits per heavy atom. The van der Waals surface area contributed by atoms with Crippen LogP contribution < -0.4 is 0 Å². The van der Waals surface area contributed by atoms with E-state index in [-0.39, 0.29) is 22.6 Å². The quantitative estimate of drug-likeness (QED) is 0.477. The van der Waals surface area contributed by atoms with Crippen molar-refractivity contribution in [2.45, 2.75) is 5.79 Å². The monoisotopic (exact) mass is 340 g/mol. The second kappa shape index (κ2) is 7.35. The summed E-state index contributed by atoms with van der Waals surface area (Å²) >= 11 is 0. The van der Waals surface area contributed by atoms with Crippen LogP contribution in [0.1, 0.15) is 11.1 Å². The maximum Gasteiger partial charge on any atom is 0.333 e. The van der Waals surface area contributed by atoms with Gasteiger partial charge in [0.05, 0.1) is 11.1 Å². The van der Waals surface area contributed by atoms with Crippen molar-refractivity contribution >= 4 is 11.9 Å². The Hall–Kier alpha value is -3.54. The number of carbonyl (C=O) groups is 2. The van der Waals surface area contributed by atoms with Crippen LogP contribution in [-0.4, -0.2) is 22.2 Å². The lowest BCUT2D eigenvalue weighted by atomic mass is 9.95. The molecule has 6 nitrogen and oxygen atoms in total. The highest BCUT2D eigenvalue weighted by Gasteiger charge is 2.46. The lowest BCUT2D eigenvalue weighted by Gasteiger charge is -2.33.